The number of nitrogens with zero attached hydrogens (tertiary/aromatic N) is 1. The molecule has 0 fully saturated rings. The van der Waals surface area contributed by atoms with Crippen LogP contribution in [-0.4, -0.2) is 24.7 Å². The van der Waals surface area contributed by atoms with Crippen LogP contribution in [0.15, 0.2) is 48.7 Å². The number of hydrogen-bond acceptors (Lipinski definition) is 5. The molecule has 0 saturated heterocycles. The van der Waals surface area contributed by atoms with Crippen molar-refractivity contribution >= 4 is 47.3 Å². The van der Waals surface area contributed by atoms with Gasteiger partial charge in [-0.15, -0.1) is 24.8 Å². The molecule has 164 valence electrons. The molecular formula is C22H28Cl3N3O2. The molecule has 0 aliphatic carbocycles. The maximum atomic E-state index is 6.69. The van der Waals surface area contributed by atoms with Gasteiger partial charge < -0.3 is 20.5 Å². The first-order chi connectivity index (χ1) is 13.4. The lowest BCUT2D eigenvalue weighted by Crippen LogP contribution is -2.48. The molecule has 0 amide bonds. The Morgan fingerprint density at radius 1 is 1.10 bits per heavy atom. The molecule has 0 saturated carbocycles. The number of fused-ring (bicyclic) bond motifs is 1. The van der Waals surface area contributed by atoms with E-state index in [4.69, 9.17) is 26.8 Å². The SMILES string of the molecule is COc1cccc(CNC(C)(C)C(N)c2ccnc3cc(Cl)ccc23)c1OC.Cl.Cl. The normalized spacial score (nSPS) is 11.9. The van der Waals surface area contributed by atoms with Crippen molar-refractivity contribution in [3.63, 3.8) is 0 Å². The number of aromatic nitrogens is 1. The van der Waals surface area contributed by atoms with E-state index in [9.17, 15) is 0 Å². The second-order valence-electron chi connectivity index (χ2n) is 7.27. The van der Waals surface area contributed by atoms with Crippen molar-refractivity contribution in [2.24, 2.45) is 5.73 Å². The molecule has 5 nitrogen and oxygen atoms in total. The smallest absolute Gasteiger partial charge is 0.165 e. The fourth-order valence-electron chi connectivity index (χ4n) is 3.33. The van der Waals surface area contributed by atoms with Gasteiger partial charge in [0.25, 0.3) is 0 Å². The Hall–Kier alpha value is -1.76. The predicted molar refractivity (Wildman–Crippen MR) is 129 cm³/mol. The Morgan fingerprint density at radius 2 is 1.83 bits per heavy atom. The highest BCUT2D eigenvalue weighted by molar-refractivity contribution is 6.31. The summed E-state index contributed by atoms with van der Waals surface area (Å²) >= 11 is 6.11. The number of halogens is 3. The summed E-state index contributed by atoms with van der Waals surface area (Å²) in [7, 11) is 3.28. The van der Waals surface area contributed by atoms with Crippen LogP contribution in [-0.2, 0) is 6.54 Å². The first-order valence-corrected chi connectivity index (χ1v) is 9.50. The zero-order valence-electron chi connectivity index (χ0n) is 17.4. The van der Waals surface area contributed by atoms with Crippen molar-refractivity contribution in [1.82, 2.24) is 10.3 Å². The summed E-state index contributed by atoms with van der Waals surface area (Å²) < 4.78 is 10.9. The predicted octanol–water partition coefficient (Wildman–Crippen LogP) is 5.32. The number of pyridine rings is 1. The second kappa shape index (κ2) is 11.0. The highest BCUT2D eigenvalue weighted by Gasteiger charge is 2.29. The number of nitrogens with one attached hydrogen (secondary N) is 1. The summed E-state index contributed by atoms with van der Waals surface area (Å²) in [5.41, 5.74) is 9.17. The molecule has 1 heterocycles. The highest BCUT2D eigenvalue weighted by Crippen LogP contribution is 2.33. The Kier molecular flexibility index (Phi) is 9.66. The Balaban J connectivity index is 0.00000225. The van der Waals surface area contributed by atoms with Crippen molar-refractivity contribution in [2.75, 3.05) is 14.2 Å². The van der Waals surface area contributed by atoms with Gasteiger partial charge in [-0.25, -0.2) is 0 Å². The van der Waals surface area contributed by atoms with Gasteiger partial charge in [0.05, 0.1) is 19.7 Å². The summed E-state index contributed by atoms with van der Waals surface area (Å²) in [6.07, 6.45) is 1.77. The van der Waals surface area contributed by atoms with Gasteiger partial charge >= 0.3 is 0 Å². The zero-order valence-corrected chi connectivity index (χ0v) is 19.8. The standard InChI is InChI=1S/C22H26ClN3O2.2ClH/c1-22(2,26-13-14-6-5-7-19(27-3)20(14)28-4)21(24)17-10-11-25-18-12-15(23)8-9-16(17)18;;/h5-12,21,26H,13,24H2,1-4H3;2*1H. The summed E-state index contributed by atoms with van der Waals surface area (Å²) in [5.74, 6) is 1.44. The molecule has 1 unspecified atom stereocenters. The van der Waals surface area contributed by atoms with Crippen LogP contribution in [0.4, 0.5) is 0 Å². The minimum atomic E-state index is -0.387. The van der Waals surface area contributed by atoms with E-state index in [1.807, 2.05) is 42.5 Å². The third kappa shape index (κ3) is 5.48. The zero-order chi connectivity index (χ0) is 20.3. The Morgan fingerprint density at radius 3 is 2.50 bits per heavy atom. The van der Waals surface area contributed by atoms with Crippen molar-refractivity contribution in [3.05, 3.63) is 64.8 Å². The van der Waals surface area contributed by atoms with Gasteiger partial charge in [-0.3, -0.25) is 4.98 Å². The molecular weight excluding hydrogens is 445 g/mol. The molecule has 30 heavy (non-hydrogen) atoms. The van der Waals surface area contributed by atoms with E-state index < -0.39 is 0 Å². The number of rotatable bonds is 7. The maximum absolute atomic E-state index is 6.69. The van der Waals surface area contributed by atoms with Crippen LogP contribution in [0.2, 0.25) is 5.02 Å². The Bertz CT molecular complexity index is 983. The van der Waals surface area contributed by atoms with Gasteiger partial charge in [0.2, 0.25) is 0 Å². The van der Waals surface area contributed by atoms with Crippen LogP contribution >= 0.6 is 36.4 Å². The summed E-state index contributed by atoms with van der Waals surface area (Å²) in [4.78, 5) is 4.41. The van der Waals surface area contributed by atoms with E-state index in [0.29, 0.717) is 17.3 Å². The van der Waals surface area contributed by atoms with Crippen LogP contribution in [0.1, 0.15) is 31.0 Å². The van der Waals surface area contributed by atoms with Crippen LogP contribution in [0.3, 0.4) is 0 Å². The molecule has 1 aromatic heterocycles. The third-order valence-corrected chi connectivity index (χ3v) is 5.31. The summed E-state index contributed by atoms with van der Waals surface area (Å²) in [6, 6.07) is 13.3. The lowest BCUT2D eigenvalue weighted by atomic mass is 9.87. The fraction of sp³-hybridized carbons (Fsp3) is 0.318. The van der Waals surface area contributed by atoms with Crippen molar-refractivity contribution < 1.29 is 9.47 Å². The molecule has 2 aromatic carbocycles. The molecule has 0 spiro atoms. The van der Waals surface area contributed by atoms with Gasteiger partial charge in [-0.1, -0.05) is 29.8 Å². The van der Waals surface area contributed by atoms with Gasteiger partial charge in [-0.2, -0.15) is 0 Å². The van der Waals surface area contributed by atoms with E-state index in [2.05, 4.69) is 24.1 Å². The van der Waals surface area contributed by atoms with Crippen molar-refractivity contribution in [1.29, 1.82) is 0 Å². The second-order valence-corrected chi connectivity index (χ2v) is 7.70. The number of ether oxygens (including phenoxy) is 2. The van der Waals surface area contributed by atoms with E-state index in [-0.39, 0.29) is 36.4 Å². The molecule has 3 rings (SSSR count). The number of benzene rings is 2. The Labute approximate surface area is 195 Å². The molecule has 3 aromatic rings. The van der Waals surface area contributed by atoms with E-state index in [0.717, 1.165) is 27.8 Å². The summed E-state index contributed by atoms with van der Waals surface area (Å²) in [6.45, 7) is 4.77. The van der Waals surface area contributed by atoms with Gasteiger partial charge in [0, 0.05) is 40.3 Å². The summed E-state index contributed by atoms with van der Waals surface area (Å²) in [5, 5.41) is 5.24. The third-order valence-electron chi connectivity index (χ3n) is 5.07. The van der Waals surface area contributed by atoms with Gasteiger partial charge in [0.15, 0.2) is 11.5 Å². The number of para-hydroxylation sites is 1. The number of nitrogens with two attached hydrogens (primary N) is 1. The van der Waals surface area contributed by atoms with Crippen LogP contribution < -0.4 is 20.5 Å². The topological polar surface area (TPSA) is 69.4 Å². The molecule has 3 N–H and O–H groups in total. The molecule has 1 atom stereocenters. The average molecular weight is 473 g/mol. The number of hydrogen-bond donors (Lipinski definition) is 2. The molecule has 0 bridgehead atoms. The molecule has 0 radical (unpaired) electrons. The molecule has 0 aliphatic rings. The maximum Gasteiger partial charge on any atom is 0.165 e. The van der Waals surface area contributed by atoms with Crippen molar-refractivity contribution in [2.45, 2.75) is 32.0 Å². The molecule has 0 aliphatic heterocycles. The first-order valence-electron chi connectivity index (χ1n) is 9.12. The minimum Gasteiger partial charge on any atom is -0.493 e. The van der Waals surface area contributed by atoms with E-state index in [1.54, 1.807) is 20.4 Å². The van der Waals surface area contributed by atoms with Gasteiger partial charge in [-0.05, 0) is 43.7 Å². The first kappa shape index (κ1) is 26.3. The largest absolute Gasteiger partial charge is 0.493 e. The average Bonchev–Trinajstić information content (AvgIpc) is 2.70. The van der Waals surface area contributed by atoms with E-state index in [1.165, 1.54) is 0 Å². The van der Waals surface area contributed by atoms with Crippen molar-refractivity contribution in [3.8, 4) is 11.5 Å². The molecule has 8 heteroatoms. The van der Waals surface area contributed by atoms with Crippen LogP contribution in [0.5, 0.6) is 11.5 Å². The minimum absolute atomic E-state index is 0. The lowest BCUT2D eigenvalue weighted by molar-refractivity contribution is 0.314. The van der Waals surface area contributed by atoms with Crippen LogP contribution in [0, 0.1) is 0 Å². The van der Waals surface area contributed by atoms with Crippen LogP contribution in [0.25, 0.3) is 10.9 Å². The highest BCUT2D eigenvalue weighted by atomic mass is 35.5. The quantitative estimate of drug-likeness (QED) is 0.487. The monoisotopic (exact) mass is 471 g/mol. The lowest BCUT2D eigenvalue weighted by Gasteiger charge is -2.34. The van der Waals surface area contributed by atoms with Gasteiger partial charge in [0.1, 0.15) is 0 Å². The number of methoxy groups -OCH3 is 2. The van der Waals surface area contributed by atoms with E-state index >= 15 is 0 Å². The fourth-order valence-corrected chi connectivity index (χ4v) is 3.50.